The van der Waals surface area contributed by atoms with Gasteiger partial charge < -0.3 is 21.5 Å². The van der Waals surface area contributed by atoms with Crippen LogP contribution in [0, 0.1) is 0 Å². The quantitative estimate of drug-likeness (QED) is 0.703. The second-order valence-electron chi connectivity index (χ2n) is 5.55. The number of hydrogen-bond acceptors (Lipinski definition) is 6. The molecule has 0 spiro atoms. The number of ether oxygens (including phenoxy) is 1. The van der Waals surface area contributed by atoms with E-state index in [0.29, 0.717) is 25.0 Å². The van der Waals surface area contributed by atoms with Crippen molar-refractivity contribution in [3.8, 4) is 5.75 Å². The van der Waals surface area contributed by atoms with Crippen LogP contribution in [0.2, 0.25) is 0 Å². The smallest absolute Gasteiger partial charge is 0.222 e. The van der Waals surface area contributed by atoms with Crippen LogP contribution < -0.4 is 21.5 Å². The minimum absolute atomic E-state index is 0.289. The summed E-state index contributed by atoms with van der Waals surface area (Å²) >= 11 is 0. The van der Waals surface area contributed by atoms with Gasteiger partial charge in [0.15, 0.2) is 0 Å². The summed E-state index contributed by atoms with van der Waals surface area (Å²) in [6.45, 7) is 1.20. The van der Waals surface area contributed by atoms with Gasteiger partial charge in [-0.1, -0.05) is 18.2 Å². The number of rotatable bonds is 6. The maximum Gasteiger partial charge on any atom is 0.222 e. The van der Waals surface area contributed by atoms with E-state index in [1.54, 1.807) is 0 Å². The highest BCUT2D eigenvalue weighted by Gasteiger charge is 2.29. The lowest BCUT2D eigenvalue weighted by molar-refractivity contribution is 0.332. The molecule has 6 heteroatoms. The number of para-hydroxylation sites is 1. The van der Waals surface area contributed by atoms with Gasteiger partial charge in [-0.2, -0.15) is 4.98 Å². The minimum atomic E-state index is 0.289. The molecule has 6 nitrogen and oxygen atoms in total. The molecule has 1 saturated carbocycles. The summed E-state index contributed by atoms with van der Waals surface area (Å²) in [6, 6.07) is 12.0. The molecule has 0 saturated heterocycles. The molecule has 2 aromatic rings. The first-order chi connectivity index (χ1) is 10.7. The summed E-state index contributed by atoms with van der Waals surface area (Å²) < 4.78 is 5.63. The first-order valence-electron chi connectivity index (χ1n) is 7.52. The van der Waals surface area contributed by atoms with Crippen molar-refractivity contribution < 1.29 is 4.74 Å². The SMILES string of the molecule is Nc1nc(NCCOc2ccccc2)cc(C2CC(N)C2)n1. The van der Waals surface area contributed by atoms with Gasteiger partial charge in [-0.25, -0.2) is 4.98 Å². The summed E-state index contributed by atoms with van der Waals surface area (Å²) in [6.07, 6.45) is 1.93. The third-order valence-corrected chi connectivity index (χ3v) is 3.78. The maximum absolute atomic E-state index is 5.83. The van der Waals surface area contributed by atoms with Crippen molar-refractivity contribution >= 4 is 11.8 Å². The summed E-state index contributed by atoms with van der Waals surface area (Å²) in [4.78, 5) is 8.51. The van der Waals surface area contributed by atoms with Crippen LogP contribution >= 0.6 is 0 Å². The van der Waals surface area contributed by atoms with E-state index < -0.39 is 0 Å². The maximum atomic E-state index is 5.83. The molecule has 3 rings (SSSR count). The van der Waals surface area contributed by atoms with Gasteiger partial charge in [0.25, 0.3) is 0 Å². The number of nitrogens with two attached hydrogens (primary N) is 2. The van der Waals surface area contributed by atoms with E-state index in [4.69, 9.17) is 16.2 Å². The van der Waals surface area contributed by atoms with Gasteiger partial charge >= 0.3 is 0 Å². The summed E-state index contributed by atoms with van der Waals surface area (Å²) in [5, 5.41) is 3.22. The van der Waals surface area contributed by atoms with Crippen LogP contribution in [0.25, 0.3) is 0 Å². The Labute approximate surface area is 129 Å². The normalized spacial score (nSPS) is 20.2. The topological polar surface area (TPSA) is 99.1 Å². The fourth-order valence-electron chi connectivity index (χ4n) is 2.55. The highest BCUT2D eigenvalue weighted by atomic mass is 16.5. The predicted octanol–water partition coefficient (Wildman–Crippen LogP) is 1.75. The number of nitrogens with one attached hydrogen (secondary N) is 1. The van der Waals surface area contributed by atoms with Gasteiger partial charge in [-0.15, -0.1) is 0 Å². The zero-order valence-corrected chi connectivity index (χ0v) is 12.4. The zero-order chi connectivity index (χ0) is 15.4. The van der Waals surface area contributed by atoms with E-state index >= 15 is 0 Å². The fourth-order valence-corrected chi connectivity index (χ4v) is 2.55. The Balaban J connectivity index is 1.52. The van der Waals surface area contributed by atoms with Crippen molar-refractivity contribution in [1.29, 1.82) is 0 Å². The molecule has 0 unspecified atom stereocenters. The van der Waals surface area contributed by atoms with Gasteiger partial charge in [0.2, 0.25) is 5.95 Å². The molecule has 0 amide bonds. The Morgan fingerprint density at radius 1 is 1.18 bits per heavy atom. The van der Waals surface area contributed by atoms with Crippen LogP contribution in [-0.2, 0) is 0 Å². The Kier molecular flexibility index (Phi) is 4.39. The molecular weight excluding hydrogens is 278 g/mol. The summed E-state index contributed by atoms with van der Waals surface area (Å²) in [7, 11) is 0. The molecule has 1 aromatic heterocycles. The van der Waals surface area contributed by atoms with E-state index in [2.05, 4.69) is 15.3 Å². The molecular formula is C16H21N5O. The molecule has 0 aliphatic heterocycles. The van der Waals surface area contributed by atoms with E-state index in [1.165, 1.54) is 0 Å². The minimum Gasteiger partial charge on any atom is -0.492 e. The average molecular weight is 299 g/mol. The molecule has 1 fully saturated rings. The molecule has 0 radical (unpaired) electrons. The van der Waals surface area contributed by atoms with Crippen molar-refractivity contribution in [3.05, 3.63) is 42.1 Å². The first kappa shape index (κ1) is 14.6. The third-order valence-electron chi connectivity index (χ3n) is 3.78. The van der Waals surface area contributed by atoms with Crippen molar-refractivity contribution in [2.45, 2.75) is 24.8 Å². The van der Waals surface area contributed by atoms with Gasteiger partial charge in [-0.05, 0) is 25.0 Å². The fraction of sp³-hybridized carbons (Fsp3) is 0.375. The predicted molar refractivity (Wildman–Crippen MR) is 86.8 cm³/mol. The van der Waals surface area contributed by atoms with Crippen molar-refractivity contribution in [2.24, 2.45) is 5.73 Å². The molecule has 0 atom stereocenters. The van der Waals surface area contributed by atoms with Gasteiger partial charge in [-0.3, -0.25) is 0 Å². The zero-order valence-electron chi connectivity index (χ0n) is 12.4. The lowest BCUT2D eigenvalue weighted by Crippen LogP contribution is -2.35. The van der Waals surface area contributed by atoms with Gasteiger partial charge in [0.05, 0.1) is 12.2 Å². The number of nitrogens with zero attached hydrogens (tertiary/aromatic N) is 2. The van der Waals surface area contributed by atoms with E-state index in [9.17, 15) is 0 Å². The molecule has 1 heterocycles. The summed E-state index contributed by atoms with van der Waals surface area (Å²) in [5.74, 6) is 2.29. The van der Waals surface area contributed by atoms with Crippen LogP contribution in [0.1, 0.15) is 24.5 Å². The molecule has 1 aromatic carbocycles. The highest BCUT2D eigenvalue weighted by Crippen LogP contribution is 2.35. The Morgan fingerprint density at radius 3 is 2.68 bits per heavy atom. The molecule has 1 aliphatic rings. The lowest BCUT2D eigenvalue weighted by Gasteiger charge is -2.32. The van der Waals surface area contributed by atoms with Crippen molar-refractivity contribution in [1.82, 2.24) is 9.97 Å². The number of aromatic nitrogens is 2. The highest BCUT2D eigenvalue weighted by molar-refractivity contribution is 5.42. The van der Waals surface area contributed by atoms with E-state index in [0.717, 1.165) is 30.1 Å². The van der Waals surface area contributed by atoms with Crippen LogP contribution in [0.15, 0.2) is 36.4 Å². The average Bonchev–Trinajstić information content (AvgIpc) is 2.49. The largest absolute Gasteiger partial charge is 0.492 e. The van der Waals surface area contributed by atoms with Crippen LogP contribution in [0.4, 0.5) is 11.8 Å². The Morgan fingerprint density at radius 2 is 1.95 bits per heavy atom. The lowest BCUT2D eigenvalue weighted by atomic mass is 9.78. The first-order valence-corrected chi connectivity index (χ1v) is 7.52. The van der Waals surface area contributed by atoms with Gasteiger partial charge in [0, 0.05) is 18.0 Å². The third kappa shape index (κ3) is 3.65. The van der Waals surface area contributed by atoms with Gasteiger partial charge in [0.1, 0.15) is 18.2 Å². The standard InChI is InChI=1S/C16H21N5O/c17-12-8-11(9-12)14-10-15(21-16(18)20-14)19-6-7-22-13-4-2-1-3-5-13/h1-5,10-12H,6-9,17H2,(H3,18,19,20,21). The summed E-state index contributed by atoms with van der Waals surface area (Å²) in [5.41, 5.74) is 12.6. The van der Waals surface area contributed by atoms with Crippen LogP contribution in [-0.4, -0.2) is 29.2 Å². The van der Waals surface area contributed by atoms with E-state index in [1.807, 2.05) is 36.4 Å². The van der Waals surface area contributed by atoms with E-state index in [-0.39, 0.29) is 6.04 Å². The molecule has 22 heavy (non-hydrogen) atoms. The van der Waals surface area contributed by atoms with Crippen LogP contribution in [0.5, 0.6) is 5.75 Å². The molecule has 5 N–H and O–H groups in total. The second-order valence-corrected chi connectivity index (χ2v) is 5.55. The van der Waals surface area contributed by atoms with Crippen molar-refractivity contribution in [2.75, 3.05) is 24.2 Å². The molecule has 0 bridgehead atoms. The Hall–Kier alpha value is -2.34. The van der Waals surface area contributed by atoms with Crippen LogP contribution in [0.3, 0.4) is 0 Å². The molecule has 1 aliphatic carbocycles. The molecule has 116 valence electrons. The number of nitrogen functional groups attached to an aromatic ring is 1. The monoisotopic (exact) mass is 299 g/mol. The van der Waals surface area contributed by atoms with Crippen molar-refractivity contribution in [3.63, 3.8) is 0 Å². The second kappa shape index (κ2) is 6.62. The number of anilines is 2. The number of hydrogen-bond donors (Lipinski definition) is 3. The number of benzene rings is 1. The Bertz CT molecular complexity index is 613.